The van der Waals surface area contributed by atoms with Crippen LogP contribution in [0.4, 0.5) is 0 Å². The Morgan fingerprint density at radius 2 is 1.95 bits per heavy atom. The van der Waals surface area contributed by atoms with Crippen molar-refractivity contribution in [3.05, 3.63) is 29.8 Å². The molecule has 5 nitrogen and oxygen atoms in total. The van der Waals surface area contributed by atoms with E-state index in [2.05, 4.69) is 5.32 Å². The summed E-state index contributed by atoms with van der Waals surface area (Å²) in [5, 5.41) is 3.28. The molecule has 6 heteroatoms. The van der Waals surface area contributed by atoms with E-state index < -0.39 is 9.84 Å². The number of likely N-dealkylation sites (N-methyl/N-ethyl adjacent to an activating group) is 1. The number of carbonyl (C=O) groups is 1. The zero-order chi connectivity index (χ0) is 14.8. The number of hydrogen-bond donors (Lipinski definition) is 1. The first kappa shape index (κ1) is 15.0. The fourth-order valence-electron chi connectivity index (χ4n) is 2.38. The van der Waals surface area contributed by atoms with Crippen molar-refractivity contribution in [2.75, 3.05) is 26.4 Å². The molecule has 1 N–H and O–H groups in total. The lowest BCUT2D eigenvalue weighted by molar-refractivity contribution is 0.0708. The molecule has 0 spiro atoms. The van der Waals surface area contributed by atoms with Crippen molar-refractivity contribution in [1.29, 1.82) is 0 Å². The smallest absolute Gasteiger partial charge is 0.253 e. The van der Waals surface area contributed by atoms with Crippen LogP contribution in [0.2, 0.25) is 0 Å². The third-order valence-electron chi connectivity index (χ3n) is 3.67. The van der Waals surface area contributed by atoms with E-state index >= 15 is 0 Å². The molecule has 1 aromatic rings. The molecule has 1 aromatic carbocycles. The number of sulfone groups is 1. The molecule has 110 valence electrons. The summed E-state index contributed by atoms with van der Waals surface area (Å²) in [5.74, 6) is -0.0706. The van der Waals surface area contributed by atoms with Crippen molar-refractivity contribution in [2.24, 2.45) is 0 Å². The number of carbonyl (C=O) groups excluding carboxylic acids is 1. The molecule has 1 unspecified atom stereocenters. The zero-order valence-electron chi connectivity index (χ0n) is 11.8. The van der Waals surface area contributed by atoms with Crippen molar-refractivity contribution in [3.63, 3.8) is 0 Å². The molecule has 0 aromatic heterocycles. The van der Waals surface area contributed by atoms with Crippen LogP contribution >= 0.6 is 0 Å². The Hall–Kier alpha value is -1.40. The lowest BCUT2D eigenvalue weighted by Crippen LogP contribution is -2.46. The van der Waals surface area contributed by atoms with Gasteiger partial charge in [0.05, 0.1) is 4.90 Å². The lowest BCUT2D eigenvalue weighted by atomic mass is 10.1. The maximum absolute atomic E-state index is 12.4. The Kier molecular flexibility index (Phi) is 4.45. The minimum atomic E-state index is -3.22. The first-order chi connectivity index (χ1) is 9.39. The highest BCUT2D eigenvalue weighted by molar-refractivity contribution is 7.90. The highest BCUT2D eigenvalue weighted by atomic mass is 32.2. The molecule has 1 atom stereocenters. The summed E-state index contributed by atoms with van der Waals surface area (Å²) in [6, 6.07) is 6.31. The van der Waals surface area contributed by atoms with Crippen molar-refractivity contribution in [3.8, 4) is 0 Å². The molecule has 1 amide bonds. The Morgan fingerprint density at radius 1 is 1.30 bits per heavy atom. The van der Waals surface area contributed by atoms with Gasteiger partial charge in [0.2, 0.25) is 0 Å². The van der Waals surface area contributed by atoms with Gasteiger partial charge in [-0.1, -0.05) is 0 Å². The van der Waals surface area contributed by atoms with Crippen molar-refractivity contribution in [1.82, 2.24) is 10.2 Å². The van der Waals surface area contributed by atoms with Crippen LogP contribution < -0.4 is 5.32 Å². The predicted molar refractivity (Wildman–Crippen MR) is 77.5 cm³/mol. The van der Waals surface area contributed by atoms with Gasteiger partial charge in [0.25, 0.3) is 5.91 Å². The van der Waals surface area contributed by atoms with Crippen LogP contribution in [0.1, 0.15) is 23.2 Å². The molecule has 2 rings (SSSR count). The van der Waals surface area contributed by atoms with E-state index in [1.54, 1.807) is 24.1 Å². The Labute approximate surface area is 119 Å². The van der Waals surface area contributed by atoms with Crippen LogP contribution in [0.3, 0.4) is 0 Å². The summed E-state index contributed by atoms with van der Waals surface area (Å²) in [6.07, 6.45) is 3.22. The fourth-order valence-corrected chi connectivity index (χ4v) is 3.01. The summed E-state index contributed by atoms with van der Waals surface area (Å²) in [7, 11) is -1.42. The normalized spacial score (nSPS) is 19.6. The van der Waals surface area contributed by atoms with Gasteiger partial charge in [0.1, 0.15) is 0 Å². The van der Waals surface area contributed by atoms with Crippen LogP contribution in [0.25, 0.3) is 0 Å². The van der Waals surface area contributed by atoms with E-state index in [0.717, 1.165) is 32.2 Å². The Morgan fingerprint density at radius 3 is 2.45 bits per heavy atom. The van der Waals surface area contributed by atoms with Gasteiger partial charge in [0.15, 0.2) is 9.84 Å². The summed E-state index contributed by atoms with van der Waals surface area (Å²) < 4.78 is 22.8. The van der Waals surface area contributed by atoms with Gasteiger partial charge in [-0.05, 0) is 43.7 Å². The first-order valence-electron chi connectivity index (χ1n) is 6.67. The van der Waals surface area contributed by atoms with E-state index in [9.17, 15) is 13.2 Å². The number of amides is 1. The summed E-state index contributed by atoms with van der Waals surface area (Å²) in [5.41, 5.74) is 0.519. The summed E-state index contributed by atoms with van der Waals surface area (Å²) in [4.78, 5) is 14.3. The number of benzene rings is 1. The molecule has 1 saturated heterocycles. The van der Waals surface area contributed by atoms with Crippen LogP contribution in [0.5, 0.6) is 0 Å². The van der Waals surface area contributed by atoms with Crippen molar-refractivity contribution >= 4 is 15.7 Å². The molecule has 20 heavy (non-hydrogen) atoms. The largest absolute Gasteiger partial charge is 0.337 e. The molecular formula is C14H20N2O3S. The number of nitrogens with zero attached hydrogens (tertiary/aromatic N) is 1. The van der Waals surface area contributed by atoms with Crippen LogP contribution in [-0.2, 0) is 9.84 Å². The Balaban J connectivity index is 2.12. The highest BCUT2D eigenvalue weighted by Gasteiger charge is 2.22. The van der Waals surface area contributed by atoms with Gasteiger partial charge >= 0.3 is 0 Å². The average molecular weight is 296 g/mol. The van der Waals surface area contributed by atoms with Crippen LogP contribution in [-0.4, -0.2) is 51.7 Å². The molecular weight excluding hydrogens is 276 g/mol. The molecule has 0 bridgehead atoms. The number of piperidine rings is 1. The Bertz CT molecular complexity index is 575. The zero-order valence-corrected chi connectivity index (χ0v) is 12.6. The quantitative estimate of drug-likeness (QED) is 0.900. The van der Waals surface area contributed by atoms with Crippen molar-refractivity contribution < 1.29 is 13.2 Å². The molecule has 1 heterocycles. The number of nitrogens with one attached hydrogen (secondary N) is 1. The number of hydrogen-bond acceptors (Lipinski definition) is 4. The van der Waals surface area contributed by atoms with E-state index in [1.165, 1.54) is 12.1 Å². The van der Waals surface area contributed by atoms with Crippen molar-refractivity contribution in [2.45, 2.75) is 23.8 Å². The van der Waals surface area contributed by atoms with E-state index in [0.29, 0.717) is 5.56 Å². The highest BCUT2D eigenvalue weighted by Crippen LogP contribution is 2.15. The van der Waals surface area contributed by atoms with Gasteiger partial charge in [-0.3, -0.25) is 4.79 Å². The van der Waals surface area contributed by atoms with Crippen LogP contribution in [0, 0.1) is 0 Å². The third-order valence-corrected chi connectivity index (χ3v) is 4.80. The van der Waals surface area contributed by atoms with E-state index in [4.69, 9.17) is 0 Å². The van der Waals surface area contributed by atoms with E-state index in [-0.39, 0.29) is 16.8 Å². The lowest BCUT2D eigenvalue weighted by Gasteiger charge is -2.31. The predicted octanol–water partition coefficient (Wildman–Crippen LogP) is 0.914. The second-order valence-corrected chi connectivity index (χ2v) is 7.23. The maximum Gasteiger partial charge on any atom is 0.253 e. The standard InChI is InChI=1S/C14H20N2O3S/c1-16(12-4-3-9-15-10-12)14(17)11-5-7-13(8-6-11)20(2,18)19/h5-8,12,15H,3-4,9-10H2,1-2H3. The summed E-state index contributed by atoms with van der Waals surface area (Å²) >= 11 is 0. The monoisotopic (exact) mass is 296 g/mol. The van der Waals surface area contributed by atoms with Crippen LogP contribution in [0.15, 0.2) is 29.2 Å². The minimum Gasteiger partial charge on any atom is -0.337 e. The molecule has 0 saturated carbocycles. The van der Waals surface area contributed by atoms with E-state index in [1.807, 2.05) is 0 Å². The fraction of sp³-hybridized carbons (Fsp3) is 0.500. The molecule has 1 fully saturated rings. The van der Waals surface area contributed by atoms with Gasteiger partial charge in [-0.25, -0.2) is 8.42 Å². The molecule has 0 aliphatic carbocycles. The SMILES string of the molecule is CN(C(=O)c1ccc(S(C)(=O)=O)cc1)C1CCCNC1. The maximum atomic E-state index is 12.4. The summed E-state index contributed by atoms with van der Waals surface area (Å²) in [6.45, 7) is 1.81. The first-order valence-corrected chi connectivity index (χ1v) is 8.57. The average Bonchev–Trinajstić information content (AvgIpc) is 2.46. The second-order valence-electron chi connectivity index (χ2n) is 5.21. The number of rotatable bonds is 3. The van der Waals surface area contributed by atoms with Gasteiger partial charge in [0, 0.05) is 31.5 Å². The molecule has 1 aliphatic heterocycles. The molecule has 1 aliphatic rings. The topological polar surface area (TPSA) is 66.5 Å². The third kappa shape index (κ3) is 3.37. The molecule has 0 radical (unpaired) electrons. The van der Waals surface area contributed by atoms with Gasteiger partial charge in [-0.15, -0.1) is 0 Å². The minimum absolute atomic E-state index is 0.0706. The van der Waals surface area contributed by atoms with Gasteiger partial charge < -0.3 is 10.2 Å². The van der Waals surface area contributed by atoms with Gasteiger partial charge in [-0.2, -0.15) is 0 Å². The second kappa shape index (κ2) is 5.93.